The van der Waals surface area contributed by atoms with Gasteiger partial charge in [-0.2, -0.15) is 0 Å². The molecule has 0 saturated heterocycles. The summed E-state index contributed by atoms with van der Waals surface area (Å²) < 4.78 is 1.92. The normalized spacial score (nSPS) is 11.6. The molecule has 0 unspecified atom stereocenters. The van der Waals surface area contributed by atoms with Gasteiger partial charge in [-0.1, -0.05) is 91.0 Å². The van der Waals surface area contributed by atoms with E-state index in [0.29, 0.717) is 6.54 Å². The fraction of sp³-hybridized carbons (Fsp3) is 0.0357. The predicted octanol–water partition coefficient (Wildman–Crippen LogP) is 6.51. The van der Waals surface area contributed by atoms with Gasteiger partial charge in [-0.3, -0.25) is 4.79 Å². The number of aromatic nitrogens is 1. The van der Waals surface area contributed by atoms with Crippen molar-refractivity contribution < 1.29 is 0 Å². The monoisotopic (exact) mass is 385 g/mol. The molecule has 5 aromatic carbocycles. The summed E-state index contributed by atoms with van der Waals surface area (Å²) in [6.45, 7) is 0.537. The van der Waals surface area contributed by atoms with Gasteiger partial charge in [0.2, 0.25) is 0 Å². The molecule has 142 valence electrons. The fourth-order valence-corrected chi connectivity index (χ4v) is 4.69. The molecule has 0 N–H and O–H groups in total. The minimum Gasteiger partial charge on any atom is -0.303 e. The molecule has 0 radical (unpaired) electrons. The molecule has 2 nitrogen and oxygen atoms in total. The molecule has 0 aliphatic rings. The Morgan fingerprint density at radius 3 is 2.03 bits per heavy atom. The first kappa shape index (κ1) is 17.0. The third-order valence-electron chi connectivity index (χ3n) is 6.07. The molecule has 0 aliphatic heterocycles. The van der Waals surface area contributed by atoms with E-state index in [1.54, 1.807) is 0 Å². The van der Waals surface area contributed by atoms with Crippen molar-refractivity contribution in [3.63, 3.8) is 0 Å². The van der Waals surface area contributed by atoms with E-state index in [4.69, 9.17) is 0 Å². The van der Waals surface area contributed by atoms with Crippen LogP contribution in [0.5, 0.6) is 0 Å². The van der Waals surface area contributed by atoms with Crippen molar-refractivity contribution in [2.24, 2.45) is 0 Å². The Kier molecular flexibility index (Phi) is 3.72. The minimum atomic E-state index is 0.0570. The Morgan fingerprint density at radius 1 is 0.533 bits per heavy atom. The number of fused-ring (bicyclic) bond motifs is 6. The van der Waals surface area contributed by atoms with Gasteiger partial charge in [-0.15, -0.1) is 0 Å². The molecule has 1 aromatic heterocycles. The van der Waals surface area contributed by atoms with Crippen LogP contribution >= 0.6 is 0 Å². The smallest absolute Gasteiger partial charge is 0.259 e. The number of hydrogen-bond acceptors (Lipinski definition) is 1. The van der Waals surface area contributed by atoms with Gasteiger partial charge in [-0.05, 0) is 44.6 Å². The number of benzene rings is 5. The van der Waals surface area contributed by atoms with E-state index in [1.165, 1.54) is 21.5 Å². The maximum absolute atomic E-state index is 13.5. The van der Waals surface area contributed by atoms with Crippen LogP contribution in [-0.4, -0.2) is 4.57 Å². The van der Waals surface area contributed by atoms with E-state index in [0.717, 1.165) is 27.2 Å². The van der Waals surface area contributed by atoms with Crippen molar-refractivity contribution in [1.29, 1.82) is 0 Å². The average molecular weight is 385 g/mol. The molecule has 6 aromatic rings. The predicted molar refractivity (Wildman–Crippen MR) is 126 cm³/mol. The molecule has 0 spiro atoms. The van der Waals surface area contributed by atoms with Crippen LogP contribution in [0, 0.1) is 0 Å². The highest BCUT2D eigenvalue weighted by atomic mass is 16.1. The highest BCUT2D eigenvalue weighted by molar-refractivity contribution is 6.09. The molecular weight excluding hydrogens is 366 g/mol. The lowest BCUT2D eigenvalue weighted by Crippen LogP contribution is -2.21. The van der Waals surface area contributed by atoms with Gasteiger partial charge in [0.15, 0.2) is 0 Å². The topological polar surface area (TPSA) is 22.0 Å². The molecule has 6 rings (SSSR count). The van der Waals surface area contributed by atoms with Gasteiger partial charge in [0, 0.05) is 10.8 Å². The minimum absolute atomic E-state index is 0.0570. The second-order valence-corrected chi connectivity index (χ2v) is 7.76. The van der Waals surface area contributed by atoms with Gasteiger partial charge in [0.1, 0.15) is 0 Å². The fourth-order valence-electron chi connectivity index (χ4n) is 4.69. The van der Waals surface area contributed by atoms with Crippen molar-refractivity contribution in [2.45, 2.75) is 6.54 Å². The molecule has 1 heterocycles. The van der Waals surface area contributed by atoms with E-state index in [-0.39, 0.29) is 5.56 Å². The maximum Gasteiger partial charge on any atom is 0.259 e. The molecule has 0 atom stereocenters. The van der Waals surface area contributed by atoms with Crippen LogP contribution in [0.25, 0.3) is 43.2 Å². The number of para-hydroxylation sites is 1. The summed E-state index contributed by atoms with van der Waals surface area (Å²) in [6, 6.07) is 35.3. The molecule has 0 bridgehead atoms. The van der Waals surface area contributed by atoms with Crippen LogP contribution in [0.3, 0.4) is 0 Å². The number of hydrogen-bond donors (Lipinski definition) is 0. The van der Waals surface area contributed by atoms with Crippen LogP contribution in [0.4, 0.5) is 0 Å². The van der Waals surface area contributed by atoms with E-state index >= 15 is 0 Å². The molecule has 0 aliphatic carbocycles. The second kappa shape index (κ2) is 6.57. The van der Waals surface area contributed by atoms with Crippen LogP contribution < -0.4 is 5.56 Å². The summed E-state index contributed by atoms with van der Waals surface area (Å²) in [5.41, 5.74) is 2.19. The number of pyridine rings is 1. The Bertz CT molecular complexity index is 1640. The van der Waals surface area contributed by atoms with E-state index in [1.807, 2.05) is 47.0 Å². The van der Waals surface area contributed by atoms with Crippen molar-refractivity contribution in [2.75, 3.05) is 0 Å². The Balaban J connectivity index is 1.69. The maximum atomic E-state index is 13.5. The van der Waals surface area contributed by atoms with Gasteiger partial charge in [0.25, 0.3) is 5.56 Å². The highest BCUT2D eigenvalue weighted by Crippen LogP contribution is 2.30. The van der Waals surface area contributed by atoms with Gasteiger partial charge in [0.05, 0.1) is 12.1 Å². The molecule has 0 saturated carbocycles. The first-order valence-electron chi connectivity index (χ1n) is 10.2. The van der Waals surface area contributed by atoms with Crippen LogP contribution in [-0.2, 0) is 6.54 Å². The average Bonchev–Trinajstić information content (AvgIpc) is 2.81. The third kappa shape index (κ3) is 2.47. The summed E-state index contributed by atoms with van der Waals surface area (Å²) in [4.78, 5) is 13.5. The standard InChI is InChI=1S/C28H19NO/c30-28-25-14-4-3-12-23(25)24-13-5-6-15-26(24)29(28)18-21-10-7-9-20-17-16-19-8-1-2-11-22(19)27(20)21/h1-17H,18H2. The molecule has 2 heteroatoms. The van der Waals surface area contributed by atoms with Crippen molar-refractivity contribution in [1.82, 2.24) is 4.57 Å². The van der Waals surface area contributed by atoms with Crippen molar-refractivity contribution in [3.8, 4) is 0 Å². The van der Waals surface area contributed by atoms with Crippen molar-refractivity contribution in [3.05, 3.63) is 119 Å². The first-order valence-corrected chi connectivity index (χ1v) is 10.2. The largest absolute Gasteiger partial charge is 0.303 e. The van der Waals surface area contributed by atoms with Crippen molar-refractivity contribution >= 4 is 43.2 Å². The SMILES string of the molecule is O=c1c2ccccc2c2ccccc2n1Cc1cccc2ccc3ccccc3c12. The lowest BCUT2D eigenvalue weighted by molar-refractivity contribution is 0.808. The van der Waals surface area contributed by atoms with E-state index in [9.17, 15) is 4.79 Å². The van der Waals surface area contributed by atoms with E-state index in [2.05, 4.69) is 60.7 Å². The summed E-state index contributed by atoms with van der Waals surface area (Å²) >= 11 is 0. The van der Waals surface area contributed by atoms with Crippen LogP contribution in [0.15, 0.2) is 108 Å². The number of nitrogens with zero attached hydrogens (tertiary/aromatic N) is 1. The third-order valence-corrected chi connectivity index (χ3v) is 6.07. The van der Waals surface area contributed by atoms with Gasteiger partial charge >= 0.3 is 0 Å². The quantitative estimate of drug-likeness (QED) is 0.311. The second-order valence-electron chi connectivity index (χ2n) is 7.76. The van der Waals surface area contributed by atoms with Crippen LogP contribution in [0.1, 0.15) is 5.56 Å². The zero-order chi connectivity index (χ0) is 20.1. The lowest BCUT2D eigenvalue weighted by atomic mass is 9.97. The molecular formula is C28H19NO. The molecule has 0 amide bonds. The van der Waals surface area contributed by atoms with Gasteiger partial charge < -0.3 is 4.57 Å². The highest BCUT2D eigenvalue weighted by Gasteiger charge is 2.12. The first-order chi connectivity index (χ1) is 14.8. The molecule has 0 fully saturated rings. The Hall–Kier alpha value is -3.91. The zero-order valence-electron chi connectivity index (χ0n) is 16.4. The molecule has 30 heavy (non-hydrogen) atoms. The van der Waals surface area contributed by atoms with E-state index < -0.39 is 0 Å². The Morgan fingerprint density at radius 2 is 1.17 bits per heavy atom. The summed E-state index contributed by atoms with van der Waals surface area (Å²) in [6.07, 6.45) is 0. The summed E-state index contributed by atoms with van der Waals surface area (Å²) in [5, 5.41) is 7.75. The number of rotatable bonds is 2. The Labute approximate surface area is 173 Å². The zero-order valence-corrected chi connectivity index (χ0v) is 16.4. The van der Waals surface area contributed by atoms with Gasteiger partial charge in [-0.25, -0.2) is 0 Å². The van der Waals surface area contributed by atoms with Crippen LogP contribution in [0.2, 0.25) is 0 Å². The lowest BCUT2D eigenvalue weighted by Gasteiger charge is -2.15. The summed E-state index contributed by atoms with van der Waals surface area (Å²) in [5.74, 6) is 0. The summed E-state index contributed by atoms with van der Waals surface area (Å²) in [7, 11) is 0.